The molecule has 3 aromatic rings. The molecule has 3 aromatic carbocycles. The van der Waals surface area contributed by atoms with Gasteiger partial charge in [0.05, 0.1) is 17.7 Å². The van der Waals surface area contributed by atoms with Crippen LogP contribution in [0.1, 0.15) is 43.0 Å². The molecule has 8 nitrogen and oxygen atoms in total. The summed E-state index contributed by atoms with van der Waals surface area (Å²) >= 11 is 0. The van der Waals surface area contributed by atoms with Crippen molar-refractivity contribution in [3.05, 3.63) is 89.0 Å². The van der Waals surface area contributed by atoms with Crippen molar-refractivity contribution in [2.75, 3.05) is 24.5 Å². The SMILES string of the molecule is COc1cccc(CN(C(=O)CN(c2cc(C)ccc2C)S(=O)(=O)c2ccc(C)cc2)[C@@H](C)C(=O)NCC(C)C)c1. The first kappa shape index (κ1) is 31.7. The summed E-state index contributed by atoms with van der Waals surface area (Å²) in [7, 11) is -2.57. The largest absolute Gasteiger partial charge is 0.497 e. The molecule has 0 aliphatic rings. The second kappa shape index (κ2) is 13.7. The number of carbonyl (C=O) groups excluding carboxylic acids is 2. The van der Waals surface area contributed by atoms with Crippen molar-refractivity contribution in [3.63, 3.8) is 0 Å². The number of benzene rings is 3. The number of aryl methyl sites for hydroxylation is 3. The Hall–Kier alpha value is -3.85. The smallest absolute Gasteiger partial charge is 0.264 e. The number of anilines is 1. The van der Waals surface area contributed by atoms with Crippen LogP contribution in [0.15, 0.2) is 71.6 Å². The molecule has 0 saturated carbocycles. The Morgan fingerprint density at radius 3 is 2.20 bits per heavy atom. The van der Waals surface area contributed by atoms with E-state index in [1.54, 1.807) is 56.5 Å². The lowest BCUT2D eigenvalue weighted by Gasteiger charge is -2.32. The van der Waals surface area contributed by atoms with E-state index in [4.69, 9.17) is 4.74 Å². The highest BCUT2D eigenvalue weighted by Crippen LogP contribution is 2.29. The zero-order chi connectivity index (χ0) is 30.3. The maximum absolute atomic E-state index is 14.1. The van der Waals surface area contributed by atoms with Gasteiger partial charge in [-0.25, -0.2) is 8.42 Å². The van der Waals surface area contributed by atoms with Crippen LogP contribution >= 0.6 is 0 Å². The second-order valence-corrected chi connectivity index (χ2v) is 12.7. The molecule has 9 heteroatoms. The molecule has 0 spiro atoms. The van der Waals surface area contributed by atoms with Crippen LogP contribution in [0.25, 0.3) is 0 Å². The Labute approximate surface area is 244 Å². The lowest BCUT2D eigenvalue weighted by molar-refractivity contribution is -0.139. The first-order chi connectivity index (χ1) is 19.3. The van der Waals surface area contributed by atoms with Gasteiger partial charge in [-0.15, -0.1) is 0 Å². The highest BCUT2D eigenvalue weighted by molar-refractivity contribution is 7.92. The van der Waals surface area contributed by atoms with Gasteiger partial charge in [0.2, 0.25) is 11.8 Å². The van der Waals surface area contributed by atoms with Crippen molar-refractivity contribution in [2.24, 2.45) is 5.92 Å². The van der Waals surface area contributed by atoms with Crippen LogP contribution in [-0.2, 0) is 26.2 Å². The summed E-state index contributed by atoms with van der Waals surface area (Å²) in [6.07, 6.45) is 0. The standard InChI is InChI=1S/C32H41N3O5S/c1-22(2)19-33-32(37)26(6)34(20-27-9-8-10-28(18-27)40-7)31(36)21-35(30-17-24(4)11-14-25(30)5)41(38,39)29-15-12-23(3)13-16-29/h8-18,22,26H,19-21H2,1-7H3,(H,33,37)/t26-/m0/s1. The maximum Gasteiger partial charge on any atom is 0.264 e. The Balaban J connectivity index is 2.06. The molecule has 41 heavy (non-hydrogen) atoms. The maximum atomic E-state index is 14.1. The minimum absolute atomic E-state index is 0.0823. The van der Waals surface area contributed by atoms with Crippen molar-refractivity contribution in [2.45, 2.75) is 59.0 Å². The van der Waals surface area contributed by atoms with Gasteiger partial charge in [0.25, 0.3) is 10.0 Å². The van der Waals surface area contributed by atoms with E-state index in [1.165, 1.54) is 4.90 Å². The van der Waals surface area contributed by atoms with Gasteiger partial charge in [-0.05, 0) is 80.6 Å². The van der Waals surface area contributed by atoms with Gasteiger partial charge in [0, 0.05) is 13.1 Å². The van der Waals surface area contributed by atoms with Gasteiger partial charge in [-0.2, -0.15) is 0 Å². The summed E-state index contributed by atoms with van der Waals surface area (Å²) in [6.45, 7) is 11.3. The second-order valence-electron chi connectivity index (χ2n) is 10.8. The van der Waals surface area contributed by atoms with Crippen LogP contribution in [-0.4, -0.2) is 51.4 Å². The molecule has 220 valence electrons. The fraction of sp³-hybridized carbons (Fsp3) is 0.375. The van der Waals surface area contributed by atoms with Crippen LogP contribution in [0.4, 0.5) is 5.69 Å². The lowest BCUT2D eigenvalue weighted by atomic mass is 10.1. The number of methoxy groups -OCH3 is 1. The van der Waals surface area contributed by atoms with Gasteiger partial charge in [-0.1, -0.05) is 55.8 Å². The van der Waals surface area contributed by atoms with E-state index >= 15 is 0 Å². The van der Waals surface area contributed by atoms with Crippen molar-refractivity contribution >= 4 is 27.5 Å². The van der Waals surface area contributed by atoms with Crippen molar-refractivity contribution in [1.82, 2.24) is 10.2 Å². The summed E-state index contributed by atoms with van der Waals surface area (Å²) in [5.41, 5.74) is 3.65. The molecule has 2 amide bonds. The number of hydrogen-bond acceptors (Lipinski definition) is 5. The number of nitrogens with one attached hydrogen (secondary N) is 1. The first-order valence-corrected chi connectivity index (χ1v) is 15.1. The van der Waals surface area contributed by atoms with Crippen molar-refractivity contribution < 1.29 is 22.7 Å². The number of hydrogen-bond donors (Lipinski definition) is 1. The van der Waals surface area contributed by atoms with Crippen molar-refractivity contribution in [3.8, 4) is 5.75 Å². The predicted octanol–water partition coefficient (Wildman–Crippen LogP) is 5.01. The molecular formula is C32H41N3O5S. The quantitative estimate of drug-likeness (QED) is 0.326. The number of amides is 2. The minimum atomic E-state index is -4.12. The van der Waals surface area contributed by atoms with E-state index in [0.29, 0.717) is 23.5 Å². The Bertz CT molecular complexity index is 1470. The molecule has 3 rings (SSSR count). The average molecular weight is 580 g/mol. The summed E-state index contributed by atoms with van der Waals surface area (Å²) < 4.78 is 34.6. The molecule has 0 aliphatic carbocycles. The minimum Gasteiger partial charge on any atom is -0.497 e. The molecule has 0 radical (unpaired) electrons. The normalized spacial score (nSPS) is 12.1. The van der Waals surface area contributed by atoms with Gasteiger partial charge in [0.1, 0.15) is 18.3 Å². The molecule has 0 fully saturated rings. The van der Waals surface area contributed by atoms with Gasteiger partial charge in [0.15, 0.2) is 0 Å². The third-order valence-electron chi connectivity index (χ3n) is 6.86. The molecule has 0 aromatic heterocycles. The number of ether oxygens (including phenoxy) is 1. The third kappa shape index (κ3) is 8.10. The fourth-order valence-corrected chi connectivity index (χ4v) is 5.81. The highest BCUT2D eigenvalue weighted by Gasteiger charge is 2.33. The van der Waals surface area contributed by atoms with E-state index in [0.717, 1.165) is 21.0 Å². The summed E-state index contributed by atoms with van der Waals surface area (Å²) in [6, 6.07) is 18.4. The molecule has 0 heterocycles. The fourth-order valence-electron chi connectivity index (χ4n) is 4.34. The molecule has 0 unspecified atom stereocenters. The monoisotopic (exact) mass is 579 g/mol. The van der Waals surface area contributed by atoms with Crippen LogP contribution in [0.5, 0.6) is 5.75 Å². The number of rotatable bonds is 12. The molecule has 0 saturated heterocycles. The Kier molecular flexibility index (Phi) is 10.6. The van der Waals surface area contributed by atoms with Gasteiger partial charge in [-0.3, -0.25) is 13.9 Å². The topological polar surface area (TPSA) is 96.0 Å². The van der Waals surface area contributed by atoms with E-state index in [9.17, 15) is 18.0 Å². The zero-order valence-corrected chi connectivity index (χ0v) is 25.8. The average Bonchev–Trinajstić information content (AvgIpc) is 2.94. The summed E-state index contributed by atoms with van der Waals surface area (Å²) in [4.78, 5) is 28.8. The number of sulfonamides is 1. The van der Waals surface area contributed by atoms with E-state index < -0.39 is 28.5 Å². The molecule has 0 bridgehead atoms. The van der Waals surface area contributed by atoms with E-state index in [2.05, 4.69) is 5.32 Å². The third-order valence-corrected chi connectivity index (χ3v) is 8.63. The molecule has 1 atom stereocenters. The van der Waals surface area contributed by atoms with Crippen molar-refractivity contribution in [1.29, 1.82) is 0 Å². The van der Waals surface area contributed by atoms with Crippen LogP contribution in [0, 0.1) is 26.7 Å². The first-order valence-electron chi connectivity index (χ1n) is 13.7. The van der Waals surface area contributed by atoms with Crippen LogP contribution in [0.2, 0.25) is 0 Å². The van der Waals surface area contributed by atoms with Gasteiger partial charge < -0.3 is 15.0 Å². The lowest BCUT2D eigenvalue weighted by Crippen LogP contribution is -2.51. The Morgan fingerprint density at radius 2 is 1.56 bits per heavy atom. The molecule has 1 N–H and O–H groups in total. The summed E-state index contributed by atoms with van der Waals surface area (Å²) in [5, 5.41) is 2.90. The highest BCUT2D eigenvalue weighted by atomic mass is 32.2. The van der Waals surface area contributed by atoms with Crippen LogP contribution < -0.4 is 14.4 Å². The van der Waals surface area contributed by atoms with Crippen LogP contribution in [0.3, 0.4) is 0 Å². The predicted molar refractivity (Wildman–Crippen MR) is 162 cm³/mol. The molecular weight excluding hydrogens is 538 g/mol. The van der Waals surface area contributed by atoms with Gasteiger partial charge >= 0.3 is 0 Å². The number of carbonyl (C=O) groups is 2. The summed E-state index contributed by atoms with van der Waals surface area (Å²) in [5.74, 6) is 0.0325. The van der Waals surface area contributed by atoms with E-state index in [1.807, 2.05) is 58.9 Å². The van der Waals surface area contributed by atoms with E-state index in [-0.39, 0.29) is 23.3 Å². The number of nitrogens with zero attached hydrogens (tertiary/aromatic N) is 2. The Morgan fingerprint density at radius 1 is 0.902 bits per heavy atom. The zero-order valence-electron chi connectivity index (χ0n) is 25.0. The molecule has 0 aliphatic heterocycles.